The van der Waals surface area contributed by atoms with Gasteiger partial charge in [0, 0.05) is 21.8 Å². The van der Waals surface area contributed by atoms with Crippen molar-refractivity contribution in [2.24, 2.45) is 0 Å². The number of benzene rings is 1. The first kappa shape index (κ1) is 10.4. The Bertz CT molecular complexity index is 729. The van der Waals surface area contributed by atoms with Crippen LogP contribution in [0.2, 0.25) is 0 Å². The number of carboxylic acids is 2. The van der Waals surface area contributed by atoms with Crippen molar-refractivity contribution in [2.75, 3.05) is 0 Å². The molecule has 0 saturated heterocycles. The molecule has 0 bridgehead atoms. The van der Waals surface area contributed by atoms with Gasteiger partial charge in [-0.05, 0) is 24.3 Å². The summed E-state index contributed by atoms with van der Waals surface area (Å²) in [5.41, 5.74) is 1.48. The predicted molar refractivity (Wildman–Crippen MR) is 64.1 cm³/mol. The second-order valence-corrected chi connectivity index (χ2v) is 3.96. The van der Waals surface area contributed by atoms with Gasteiger partial charge >= 0.3 is 11.9 Å². The number of carbonyl (C=O) groups is 2. The van der Waals surface area contributed by atoms with Crippen molar-refractivity contribution in [3.8, 4) is 0 Å². The van der Waals surface area contributed by atoms with Crippen LogP contribution in [0, 0.1) is 0 Å². The quantitative estimate of drug-likeness (QED) is 0.553. The van der Waals surface area contributed by atoms with Gasteiger partial charge in [0.05, 0.1) is 0 Å². The maximum absolute atomic E-state index is 10.9. The van der Waals surface area contributed by atoms with Gasteiger partial charge in [-0.3, -0.25) is 0 Å². The van der Waals surface area contributed by atoms with E-state index in [4.69, 9.17) is 10.2 Å². The summed E-state index contributed by atoms with van der Waals surface area (Å²) >= 11 is 0. The van der Waals surface area contributed by atoms with E-state index in [2.05, 4.69) is 9.97 Å². The normalized spacial score (nSPS) is 11.1. The predicted octanol–water partition coefficient (Wildman–Crippen LogP) is 2.05. The molecule has 2 heterocycles. The Morgan fingerprint density at radius 3 is 1.56 bits per heavy atom. The minimum absolute atomic E-state index is 0.0792. The average Bonchev–Trinajstić information content (AvgIpc) is 2.91. The Labute approximate surface area is 99.9 Å². The van der Waals surface area contributed by atoms with Crippen LogP contribution in [0.5, 0.6) is 0 Å². The van der Waals surface area contributed by atoms with Crippen LogP contribution in [-0.2, 0) is 0 Å². The van der Waals surface area contributed by atoms with Crippen LogP contribution in [-0.4, -0.2) is 32.1 Å². The van der Waals surface area contributed by atoms with Gasteiger partial charge in [-0.1, -0.05) is 0 Å². The third-order valence-electron chi connectivity index (χ3n) is 2.86. The number of aromatic nitrogens is 2. The molecule has 0 spiro atoms. The minimum Gasteiger partial charge on any atom is -0.477 e. The van der Waals surface area contributed by atoms with Crippen molar-refractivity contribution < 1.29 is 19.8 Å². The summed E-state index contributed by atoms with van der Waals surface area (Å²) < 4.78 is 0. The second-order valence-electron chi connectivity index (χ2n) is 3.96. The summed E-state index contributed by atoms with van der Waals surface area (Å²) in [5.74, 6) is -2.10. The highest BCUT2D eigenvalue weighted by molar-refractivity contribution is 6.10. The third-order valence-corrected chi connectivity index (χ3v) is 2.86. The molecule has 0 atom stereocenters. The Kier molecular flexibility index (Phi) is 1.94. The van der Waals surface area contributed by atoms with Gasteiger partial charge in [0.2, 0.25) is 0 Å². The summed E-state index contributed by atoms with van der Waals surface area (Å²) in [6.45, 7) is 0. The van der Waals surface area contributed by atoms with Crippen molar-refractivity contribution in [1.29, 1.82) is 0 Å². The van der Waals surface area contributed by atoms with Crippen LogP contribution in [0.3, 0.4) is 0 Å². The highest BCUT2D eigenvalue weighted by atomic mass is 16.4. The molecule has 3 aromatic rings. The highest BCUT2D eigenvalue weighted by Crippen LogP contribution is 2.26. The Morgan fingerprint density at radius 1 is 0.833 bits per heavy atom. The number of aromatic amines is 2. The first-order chi connectivity index (χ1) is 8.56. The number of fused-ring (bicyclic) bond motifs is 3. The Hall–Kier alpha value is -2.76. The smallest absolute Gasteiger partial charge is 0.352 e. The standard InChI is InChI=1S/C12H8N2O4/c15-11(16)9-3-5-6-4-10(12(17)18)14-8(6)2-1-7(5)13-9/h1-4,13-14H,(H,15,16)(H,17,18). The molecule has 0 saturated carbocycles. The van der Waals surface area contributed by atoms with Gasteiger partial charge in [-0.25, -0.2) is 9.59 Å². The lowest BCUT2D eigenvalue weighted by Crippen LogP contribution is -1.94. The number of aromatic carboxylic acids is 2. The third kappa shape index (κ3) is 1.36. The molecular formula is C12H8N2O4. The number of nitrogens with one attached hydrogen (secondary N) is 2. The van der Waals surface area contributed by atoms with Gasteiger partial charge in [-0.2, -0.15) is 0 Å². The SMILES string of the molecule is O=C(O)c1cc2c(ccc3[nH]c(C(=O)O)cc32)[nH]1. The van der Waals surface area contributed by atoms with E-state index >= 15 is 0 Å². The lowest BCUT2D eigenvalue weighted by atomic mass is 10.1. The van der Waals surface area contributed by atoms with Crippen molar-refractivity contribution in [1.82, 2.24) is 9.97 Å². The van der Waals surface area contributed by atoms with E-state index in [0.717, 1.165) is 0 Å². The number of carboxylic acid groups (broad SMARTS) is 2. The first-order valence-corrected chi connectivity index (χ1v) is 5.17. The number of rotatable bonds is 2. The number of hydrogen-bond donors (Lipinski definition) is 4. The van der Waals surface area contributed by atoms with Gasteiger partial charge in [0.15, 0.2) is 0 Å². The average molecular weight is 244 g/mol. The van der Waals surface area contributed by atoms with Crippen molar-refractivity contribution in [2.45, 2.75) is 0 Å². The second kappa shape index (κ2) is 3.36. The summed E-state index contributed by atoms with van der Waals surface area (Å²) in [4.78, 5) is 27.3. The van der Waals surface area contributed by atoms with E-state index < -0.39 is 11.9 Å². The summed E-state index contributed by atoms with van der Waals surface area (Å²) in [6, 6.07) is 6.43. The molecule has 1 aromatic carbocycles. The van der Waals surface area contributed by atoms with E-state index in [0.29, 0.717) is 21.8 Å². The molecule has 0 unspecified atom stereocenters. The zero-order valence-corrected chi connectivity index (χ0v) is 9.02. The highest BCUT2D eigenvalue weighted by Gasteiger charge is 2.13. The minimum atomic E-state index is -1.05. The lowest BCUT2D eigenvalue weighted by molar-refractivity contribution is 0.0681. The molecule has 6 nitrogen and oxygen atoms in total. The van der Waals surface area contributed by atoms with Gasteiger partial charge < -0.3 is 20.2 Å². The zero-order chi connectivity index (χ0) is 12.9. The van der Waals surface area contributed by atoms with E-state index in [1.807, 2.05) is 0 Å². The molecule has 0 aliphatic heterocycles. The molecule has 2 aromatic heterocycles. The van der Waals surface area contributed by atoms with Crippen LogP contribution in [0.25, 0.3) is 21.8 Å². The molecule has 0 aliphatic rings. The van der Waals surface area contributed by atoms with Gasteiger partial charge in [0.25, 0.3) is 0 Å². The fourth-order valence-electron chi connectivity index (χ4n) is 2.05. The molecule has 0 radical (unpaired) electrons. The molecular weight excluding hydrogens is 236 g/mol. The largest absolute Gasteiger partial charge is 0.477 e. The Morgan fingerprint density at radius 2 is 1.22 bits per heavy atom. The lowest BCUT2D eigenvalue weighted by Gasteiger charge is -1.91. The van der Waals surface area contributed by atoms with E-state index in [-0.39, 0.29) is 11.4 Å². The molecule has 3 rings (SSSR count). The zero-order valence-electron chi connectivity index (χ0n) is 9.02. The molecule has 0 amide bonds. The van der Waals surface area contributed by atoms with Crippen LogP contribution in [0.4, 0.5) is 0 Å². The summed E-state index contributed by atoms with van der Waals surface area (Å²) in [5, 5.41) is 19.2. The van der Waals surface area contributed by atoms with Crippen LogP contribution >= 0.6 is 0 Å². The molecule has 90 valence electrons. The molecule has 0 aliphatic carbocycles. The molecule has 4 N–H and O–H groups in total. The van der Waals surface area contributed by atoms with E-state index in [9.17, 15) is 9.59 Å². The molecule has 18 heavy (non-hydrogen) atoms. The van der Waals surface area contributed by atoms with E-state index in [1.54, 1.807) is 12.1 Å². The molecule has 0 fully saturated rings. The van der Waals surface area contributed by atoms with Gasteiger partial charge in [0.1, 0.15) is 11.4 Å². The molecule has 6 heteroatoms. The van der Waals surface area contributed by atoms with Crippen molar-refractivity contribution >= 4 is 33.7 Å². The Balaban J connectivity index is 2.37. The number of hydrogen-bond acceptors (Lipinski definition) is 2. The van der Waals surface area contributed by atoms with Crippen LogP contribution < -0.4 is 0 Å². The fourth-order valence-corrected chi connectivity index (χ4v) is 2.05. The number of H-pyrrole nitrogens is 2. The van der Waals surface area contributed by atoms with Crippen molar-refractivity contribution in [3.05, 3.63) is 35.7 Å². The maximum Gasteiger partial charge on any atom is 0.352 e. The van der Waals surface area contributed by atoms with Crippen LogP contribution in [0.1, 0.15) is 21.0 Å². The summed E-state index contributed by atoms with van der Waals surface area (Å²) in [6.07, 6.45) is 0. The first-order valence-electron chi connectivity index (χ1n) is 5.17. The van der Waals surface area contributed by atoms with Crippen molar-refractivity contribution in [3.63, 3.8) is 0 Å². The summed E-state index contributed by atoms with van der Waals surface area (Å²) in [7, 11) is 0. The van der Waals surface area contributed by atoms with Crippen LogP contribution in [0.15, 0.2) is 24.3 Å². The van der Waals surface area contributed by atoms with E-state index in [1.165, 1.54) is 12.1 Å². The topological polar surface area (TPSA) is 106 Å². The van der Waals surface area contributed by atoms with Gasteiger partial charge in [-0.15, -0.1) is 0 Å². The monoisotopic (exact) mass is 244 g/mol. The fraction of sp³-hybridized carbons (Fsp3) is 0. The maximum atomic E-state index is 10.9.